The highest BCUT2D eigenvalue weighted by Gasteiger charge is 2.25. The number of rotatable bonds is 6. The van der Waals surface area contributed by atoms with Gasteiger partial charge in [0.2, 0.25) is 10.0 Å². The van der Waals surface area contributed by atoms with Gasteiger partial charge in [0, 0.05) is 42.5 Å². The number of nitro groups is 1. The molecule has 1 atom stereocenters. The SMILES string of the molecule is O=[N+]([O-])c1cccc(S(=O)(=O)NCC2CCN(c3ccc(Cl)cc3)C2)c1. The number of benzene rings is 2. The van der Waals surface area contributed by atoms with Crippen molar-refractivity contribution in [2.75, 3.05) is 24.5 Å². The molecule has 1 N–H and O–H groups in total. The standard InChI is InChI=1S/C17H18ClN3O4S/c18-14-4-6-15(7-5-14)20-9-8-13(12-20)11-19-26(24,25)17-3-1-2-16(10-17)21(22)23/h1-7,10,13,19H,8-9,11-12H2. The Morgan fingerprint density at radius 3 is 2.65 bits per heavy atom. The van der Waals surface area contributed by atoms with E-state index < -0.39 is 14.9 Å². The van der Waals surface area contributed by atoms with Crippen LogP contribution in [0.4, 0.5) is 11.4 Å². The van der Waals surface area contributed by atoms with Gasteiger partial charge in [-0.2, -0.15) is 0 Å². The van der Waals surface area contributed by atoms with Gasteiger partial charge >= 0.3 is 0 Å². The molecule has 1 heterocycles. The predicted molar refractivity (Wildman–Crippen MR) is 100 cm³/mol. The third-order valence-electron chi connectivity index (χ3n) is 4.38. The van der Waals surface area contributed by atoms with Crippen molar-refractivity contribution in [3.05, 3.63) is 63.7 Å². The summed E-state index contributed by atoms with van der Waals surface area (Å²) in [6, 6.07) is 12.6. The lowest BCUT2D eigenvalue weighted by Crippen LogP contribution is -2.31. The number of sulfonamides is 1. The first kappa shape index (κ1) is 18.6. The summed E-state index contributed by atoms with van der Waals surface area (Å²) >= 11 is 5.90. The Bertz CT molecular complexity index is 902. The van der Waals surface area contributed by atoms with E-state index in [-0.39, 0.29) is 23.0 Å². The maximum Gasteiger partial charge on any atom is 0.270 e. The lowest BCUT2D eigenvalue weighted by Gasteiger charge is -2.19. The van der Waals surface area contributed by atoms with Crippen molar-refractivity contribution in [3.8, 4) is 0 Å². The summed E-state index contributed by atoms with van der Waals surface area (Å²) in [5, 5.41) is 11.5. The van der Waals surface area contributed by atoms with Gasteiger partial charge in [-0.15, -0.1) is 0 Å². The van der Waals surface area contributed by atoms with Crippen molar-refractivity contribution >= 4 is 33.0 Å². The van der Waals surface area contributed by atoms with Crippen molar-refractivity contribution in [3.63, 3.8) is 0 Å². The molecule has 138 valence electrons. The van der Waals surface area contributed by atoms with E-state index in [1.54, 1.807) is 0 Å². The topological polar surface area (TPSA) is 92.5 Å². The molecule has 9 heteroatoms. The van der Waals surface area contributed by atoms with Gasteiger partial charge in [-0.1, -0.05) is 17.7 Å². The third-order valence-corrected chi connectivity index (χ3v) is 6.05. The van der Waals surface area contributed by atoms with E-state index in [9.17, 15) is 18.5 Å². The molecule has 0 bridgehead atoms. The zero-order valence-electron chi connectivity index (χ0n) is 13.8. The number of nitro benzene ring substituents is 1. The summed E-state index contributed by atoms with van der Waals surface area (Å²) in [6.07, 6.45) is 0.861. The molecule has 2 aromatic carbocycles. The number of nitrogens with zero attached hydrogens (tertiary/aromatic N) is 2. The second kappa shape index (κ2) is 7.61. The molecule has 2 aromatic rings. The third kappa shape index (κ3) is 4.32. The van der Waals surface area contributed by atoms with Crippen LogP contribution in [0.25, 0.3) is 0 Å². The minimum absolute atomic E-state index is 0.0979. The van der Waals surface area contributed by atoms with Gasteiger partial charge in [0.25, 0.3) is 5.69 Å². The van der Waals surface area contributed by atoms with Gasteiger partial charge in [-0.3, -0.25) is 10.1 Å². The van der Waals surface area contributed by atoms with Gasteiger partial charge in [0.15, 0.2) is 0 Å². The maximum atomic E-state index is 12.4. The summed E-state index contributed by atoms with van der Waals surface area (Å²) < 4.78 is 27.3. The second-order valence-electron chi connectivity index (χ2n) is 6.18. The number of non-ortho nitro benzene ring substituents is 1. The number of anilines is 1. The molecule has 1 fully saturated rings. The number of hydrogen-bond acceptors (Lipinski definition) is 5. The minimum atomic E-state index is -3.78. The zero-order valence-corrected chi connectivity index (χ0v) is 15.4. The summed E-state index contributed by atoms with van der Waals surface area (Å²) in [4.78, 5) is 12.3. The Balaban J connectivity index is 1.61. The molecular formula is C17H18ClN3O4S. The molecule has 1 aliphatic rings. The molecule has 0 aromatic heterocycles. The lowest BCUT2D eigenvalue weighted by molar-refractivity contribution is -0.385. The van der Waals surface area contributed by atoms with Crippen LogP contribution in [0.3, 0.4) is 0 Å². The molecule has 0 radical (unpaired) electrons. The summed E-state index contributed by atoms with van der Waals surface area (Å²) in [5.41, 5.74) is 0.807. The fourth-order valence-electron chi connectivity index (χ4n) is 2.96. The van der Waals surface area contributed by atoms with Gasteiger partial charge in [-0.25, -0.2) is 13.1 Å². The van der Waals surface area contributed by atoms with Crippen LogP contribution in [0.2, 0.25) is 5.02 Å². The molecule has 0 spiro atoms. The molecule has 3 rings (SSSR count). The lowest BCUT2D eigenvalue weighted by atomic mass is 10.1. The minimum Gasteiger partial charge on any atom is -0.371 e. The molecule has 7 nitrogen and oxygen atoms in total. The van der Waals surface area contributed by atoms with Crippen LogP contribution in [0.15, 0.2) is 53.4 Å². The van der Waals surface area contributed by atoms with Crippen LogP contribution in [-0.4, -0.2) is 33.0 Å². The summed E-state index contributed by atoms with van der Waals surface area (Å²) in [6.45, 7) is 1.86. The Morgan fingerprint density at radius 2 is 1.96 bits per heavy atom. The monoisotopic (exact) mass is 395 g/mol. The normalized spacial score (nSPS) is 17.4. The highest BCUT2D eigenvalue weighted by atomic mass is 35.5. The van der Waals surface area contributed by atoms with Crippen LogP contribution < -0.4 is 9.62 Å². The Kier molecular flexibility index (Phi) is 5.45. The maximum absolute atomic E-state index is 12.4. The quantitative estimate of drug-likeness (QED) is 0.599. The van der Waals surface area contributed by atoms with E-state index in [0.29, 0.717) is 5.02 Å². The van der Waals surface area contributed by atoms with Crippen LogP contribution in [0.1, 0.15) is 6.42 Å². The largest absolute Gasteiger partial charge is 0.371 e. The molecule has 26 heavy (non-hydrogen) atoms. The van der Waals surface area contributed by atoms with Gasteiger partial charge in [0.05, 0.1) is 9.82 Å². The van der Waals surface area contributed by atoms with Crippen LogP contribution in [-0.2, 0) is 10.0 Å². The Morgan fingerprint density at radius 1 is 1.23 bits per heavy atom. The molecule has 1 aliphatic heterocycles. The second-order valence-corrected chi connectivity index (χ2v) is 8.39. The summed E-state index contributed by atoms with van der Waals surface area (Å²) in [7, 11) is -3.78. The Hall–Kier alpha value is -2.16. The van der Waals surface area contributed by atoms with Crippen molar-refractivity contribution in [1.29, 1.82) is 0 Å². The first-order valence-electron chi connectivity index (χ1n) is 8.10. The number of halogens is 1. The Labute approximate surface area is 156 Å². The van der Waals surface area contributed by atoms with Crippen molar-refractivity contribution < 1.29 is 13.3 Å². The highest BCUT2D eigenvalue weighted by molar-refractivity contribution is 7.89. The average Bonchev–Trinajstić information content (AvgIpc) is 3.10. The first-order chi connectivity index (χ1) is 12.3. The van der Waals surface area contributed by atoms with E-state index in [1.165, 1.54) is 18.2 Å². The van der Waals surface area contributed by atoms with E-state index in [1.807, 2.05) is 24.3 Å². The number of hydrogen-bond donors (Lipinski definition) is 1. The van der Waals surface area contributed by atoms with Crippen molar-refractivity contribution in [1.82, 2.24) is 4.72 Å². The fraction of sp³-hybridized carbons (Fsp3) is 0.294. The first-order valence-corrected chi connectivity index (χ1v) is 9.96. The predicted octanol–water partition coefficient (Wildman–Crippen LogP) is 3.05. The van der Waals surface area contributed by atoms with Gasteiger partial charge < -0.3 is 4.90 Å². The zero-order chi connectivity index (χ0) is 18.7. The molecule has 0 aliphatic carbocycles. The van der Waals surface area contributed by atoms with Crippen LogP contribution >= 0.6 is 11.6 Å². The van der Waals surface area contributed by atoms with E-state index in [2.05, 4.69) is 9.62 Å². The van der Waals surface area contributed by atoms with E-state index in [4.69, 9.17) is 11.6 Å². The van der Waals surface area contributed by atoms with Crippen LogP contribution in [0.5, 0.6) is 0 Å². The van der Waals surface area contributed by atoms with E-state index >= 15 is 0 Å². The van der Waals surface area contributed by atoms with E-state index in [0.717, 1.165) is 31.3 Å². The van der Waals surface area contributed by atoms with Gasteiger partial charge in [0.1, 0.15) is 0 Å². The highest BCUT2D eigenvalue weighted by Crippen LogP contribution is 2.25. The van der Waals surface area contributed by atoms with Crippen LogP contribution in [0, 0.1) is 16.0 Å². The number of nitrogens with one attached hydrogen (secondary N) is 1. The molecular weight excluding hydrogens is 378 g/mol. The van der Waals surface area contributed by atoms with Crippen molar-refractivity contribution in [2.24, 2.45) is 5.92 Å². The fourth-order valence-corrected chi connectivity index (χ4v) is 4.24. The van der Waals surface area contributed by atoms with Crippen molar-refractivity contribution in [2.45, 2.75) is 11.3 Å². The van der Waals surface area contributed by atoms with Gasteiger partial charge in [-0.05, 0) is 42.7 Å². The average molecular weight is 396 g/mol. The molecule has 1 saturated heterocycles. The molecule has 1 unspecified atom stereocenters. The molecule has 0 saturated carbocycles. The molecule has 0 amide bonds. The summed E-state index contributed by atoms with van der Waals surface area (Å²) in [5.74, 6) is 0.166. The smallest absolute Gasteiger partial charge is 0.270 e.